The Morgan fingerprint density at radius 1 is 1.04 bits per heavy atom. The number of nitrogen functional groups attached to an aromatic ring is 1. The highest BCUT2D eigenvalue weighted by atomic mass is 32.2. The number of benzene rings is 2. The van der Waals surface area contributed by atoms with E-state index in [1.165, 1.54) is 19.2 Å². The number of anilines is 1. The predicted molar refractivity (Wildman–Crippen MR) is 97.7 cm³/mol. The lowest BCUT2D eigenvalue weighted by Crippen LogP contribution is -2.29. The molecule has 0 saturated heterocycles. The van der Waals surface area contributed by atoms with Crippen molar-refractivity contribution < 1.29 is 13.2 Å². The Balaban J connectivity index is 2.47. The topological polar surface area (TPSA) is 91.4 Å². The lowest BCUT2D eigenvalue weighted by Gasteiger charge is -2.15. The van der Waals surface area contributed by atoms with Crippen LogP contribution in [0.2, 0.25) is 0 Å². The van der Waals surface area contributed by atoms with Crippen LogP contribution in [0.5, 0.6) is 5.75 Å². The van der Waals surface area contributed by atoms with E-state index in [-0.39, 0.29) is 16.2 Å². The molecule has 0 spiro atoms. The minimum absolute atomic E-state index is 0.0635. The summed E-state index contributed by atoms with van der Waals surface area (Å²) in [5.74, 6) is 0.177. The maximum atomic E-state index is 13.3. The van der Waals surface area contributed by atoms with E-state index in [9.17, 15) is 13.2 Å². The molecule has 0 atom stereocenters. The molecule has 0 saturated carbocycles. The van der Waals surface area contributed by atoms with Gasteiger partial charge in [-0.05, 0) is 55.1 Å². The van der Waals surface area contributed by atoms with Gasteiger partial charge in [0.15, 0.2) is 0 Å². The first kappa shape index (κ1) is 17.0. The minimum atomic E-state index is -4.18. The van der Waals surface area contributed by atoms with Crippen LogP contribution in [0.1, 0.15) is 11.1 Å². The molecule has 0 aliphatic heterocycles. The Hall–Kier alpha value is -2.80. The summed E-state index contributed by atoms with van der Waals surface area (Å²) in [5.41, 5.74) is 6.87. The number of pyridine rings is 1. The first-order valence-electron chi connectivity index (χ1n) is 7.58. The fourth-order valence-corrected chi connectivity index (χ4v) is 4.46. The fraction of sp³-hybridized carbons (Fsp3) is 0.167. The van der Waals surface area contributed by atoms with Gasteiger partial charge in [0.25, 0.3) is 15.6 Å². The zero-order valence-corrected chi connectivity index (χ0v) is 14.9. The number of aryl methyl sites for hydroxylation is 2. The molecular weight excluding hydrogens is 340 g/mol. The molecule has 2 N–H and O–H groups in total. The van der Waals surface area contributed by atoms with Crippen LogP contribution in [0.4, 0.5) is 5.69 Å². The van der Waals surface area contributed by atoms with Crippen LogP contribution >= 0.6 is 0 Å². The number of hydrogen-bond donors (Lipinski definition) is 1. The molecule has 0 aliphatic carbocycles. The molecule has 3 aromatic rings. The van der Waals surface area contributed by atoms with Crippen LogP contribution < -0.4 is 16.0 Å². The van der Waals surface area contributed by atoms with Gasteiger partial charge in [-0.3, -0.25) is 4.79 Å². The summed E-state index contributed by atoms with van der Waals surface area (Å²) >= 11 is 0. The first-order valence-corrected chi connectivity index (χ1v) is 9.02. The summed E-state index contributed by atoms with van der Waals surface area (Å²) in [6.07, 6.45) is 0. The minimum Gasteiger partial charge on any atom is -0.495 e. The van der Waals surface area contributed by atoms with Gasteiger partial charge in [-0.25, -0.2) is 8.42 Å². The Kier molecular flexibility index (Phi) is 4.04. The van der Waals surface area contributed by atoms with Crippen molar-refractivity contribution in [2.75, 3.05) is 12.8 Å². The van der Waals surface area contributed by atoms with E-state index < -0.39 is 15.6 Å². The maximum Gasteiger partial charge on any atom is 0.274 e. The molecule has 3 rings (SSSR count). The Morgan fingerprint density at radius 2 is 1.76 bits per heavy atom. The summed E-state index contributed by atoms with van der Waals surface area (Å²) in [6.45, 7) is 3.35. The van der Waals surface area contributed by atoms with Crippen molar-refractivity contribution in [2.24, 2.45) is 0 Å². The van der Waals surface area contributed by atoms with Gasteiger partial charge in [-0.1, -0.05) is 12.1 Å². The van der Waals surface area contributed by atoms with Gasteiger partial charge in [-0.15, -0.1) is 0 Å². The molecule has 2 aromatic carbocycles. The zero-order valence-electron chi connectivity index (χ0n) is 14.1. The van der Waals surface area contributed by atoms with E-state index in [4.69, 9.17) is 10.5 Å². The first-order chi connectivity index (χ1) is 11.8. The van der Waals surface area contributed by atoms with Crippen LogP contribution in [0.15, 0.2) is 52.2 Å². The monoisotopic (exact) mass is 358 g/mol. The molecule has 0 amide bonds. The average Bonchev–Trinajstić information content (AvgIpc) is 2.56. The zero-order chi connectivity index (χ0) is 18.4. The largest absolute Gasteiger partial charge is 0.495 e. The number of nitrogens with two attached hydrogens (primary N) is 1. The summed E-state index contributed by atoms with van der Waals surface area (Å²) in [7, 11) is -2.79. The number of rotatable bonds is 3. The lowest BCUT2D eigenvalue weighted by atomic mass is 10.1. The normalized spacial score (nSPS) is 11.6. The van der Waals surface area contributed by atoms with Crippen LogP contribution in [-0.2, 0) is 10.0 Å². The van der Waals surface area contributed by atoms with E-state index in [1.807, 2.05) is 0 Å². The van der Waals surface area contributed by atoms with E-state index >= 15 is 0 Å². The third-order valence-corrected chi connectivity index (χ3v) is 5.72. The smallest absolute Gasteiger partial charge is 0.274 e. The van der Waals surface area contributed by atoms with Gasteiger partial charge in [0.1, 0.15) is 10.6 Å². The van der Waals surface area contributed by atoms with Crippen LogP contribution in [0, 0.1) is 13.8 Å². The van der Waals surface area contributed by atoms with Crippen molar-refractivity contribution in [2.45, 2.75) is 18.7 Å². The number of ether oxygens (including phenoxy) is 1. The second-order valence-electron chi connectivity index (χ2n) is 5.87. The lowest BCUT2D eigenvalue weighted by molar-refractivity contribution is 0.402. The predicted octanol–water partition coefficient (Wildman–Crippen LogP) is 2.45. The SMILES string of the molecule is COc1ccc(C)cc1S(=O)(=O)n1c(=O)c(C)cc2ccc(N)cc21. The second kappa shape index (κ2) is 5.93. The summed E-state index contributed by atoms with van der Waals surface area (Å²) < 4.78 is 32.6. The summed E-state index contributed by atoms with van der Waals surface area (Å²) in [6, 6.07) is 11.3. The van der Waals surface area contributed by atoms with E-state index in [0.717, 1.165) is 9.54 Å². The Bertz CT molecular complexity index is 1150. The van der Waals surface area contributed by atoms with Crippen LogP contribution in [0.3, 0.4) is 0 Å². The quantitative estimate of drug-likeness (QED) is 0.726. The summed E-state index contributed by atoms with van der Waals surface area (Å²) in [5, 5.41) is 0.612. The number of fused-ring (bicyclic) bond motifs is 1. The summed E-state index contributed by atoms with van der Waals surface area (Å²) in [4.78, 5) is 12.6. The Labute approximate surface area is 145 Å². The molecule has 130 valence electrons. The third kappa shape index (κ3) is 2.76. The van der Waals surface area contributed by atoms with Crippen molar-refractivity contribution in [1.29, 1.82) is 0 Å². The molecule has 25 heavy (non-hydrogen) atoms. The van der Waals surface area contributed by atoms with Gasteiger partial charge in [0, 0.05) is 11.3 Å². The van der Waals surface area contributed by atoms with Crippen LogP contribution in [-0.4, -0.2) is 19.5 Å². The molecule has 0 fully saturated rings. The highest BCUT2D eigenvalue weighted by molar-refractivity contribution is 7.90. The van der Waals surface area contributed by atoms with Crippen molar-refractivity contribution >= 4 is 26.6 Å². The van der Waals surface area contributed by atoms with E-state index in [0.29, 0.717) is 16.6 Å². The molecular formula is C18H18N2O4S. The van der Waals surface area contributed by atoms with Crippen molar-refractivity contribution in [1.82, 2.24) is 3.97 Å². The number of hydrogen-bond acceptors (Lipinski definition) is 5. The van der Waals surface area contributed by atoms with E-state index in [1.54, 1.807) is 44.2 Å². The number of aromatic nitrogens is 1. The molecule has 0 aliphatic rings. The molecule has 7 heteroatoms. The van der Waals surface area contributed by atoms with Crippen LogP contribution in [0.25, 0.3) is 10.9 Å². The molecule has 0 radical (unpaired) electrons. The van der Waals surface area contributed by atoms with Gasteiger partial charge in [0.2, 0.25) is 0 Å². The molecule has 6 nitrogen and oxygen atoms in total. The van der Waals surface area contributed by atoms with E-state index in [2.05, 4.69) is 0 Å². The standard InChI is InChI=1S/C18H18N2O4S/c1-11-4-7-16(24-3)17(8-11)25(22,23)20-15-10-14(19)6-5-13(15)9-12(2)18(20)21/h4-10H,19H2,1-3H3. The van der Waals surface area contributed by atoms with Crippen molar-refractivity contribution in [3.8, 4) is 5.75 Å². The molecule has 1 aromatic heterocycles. The average molecular weight is 358 g/mol. The highest BCUT2D eigenvalue weighted by Gasteiger charge is 2.26. The van der Waals surface area contributed by atoms with Gasteiger partial charge >= 0.3 is 0 Å². The fourth-order valence-electron chi connectivity index (χ4n) is 2.75. The van der Waals surface area contributed by atoms with Crippen molar-refractivity contribution in [3.05, 3.63) is 63.9 Å². The molecule has 1 heterocycles. The Morgan fingerprint density at radius 3 is 2.44 bits per heavy atom. The molecule has 0 bridgehead atoms. The highest BCUT2D eigenvalue weighted by Crippen LogP contribution is 2.28. The third-order valence-electron chi connectivity index (χ3n) is 4.00. The second-order valence-corrected chi connectivity index (χ2v) is 7.63. The number of nitrogens with zero attached hydrogens (tertiary/aromatic N) is 1. The van der Waals surface area contributed by atoms with Gasteiger partial charge in [0.05, 0.1) is 12.6 Å². The molecule has 0 unspecified atom stereocenters. The van der Waals surface area contributed by atoms with Crippen molar-refractivity contribution in [3.63, 3.8) is 0 Å². The number of methoxy groups -OCH3 is 1. The van der Waals surface area contributed by atoms with Gasteiger partial charge < -0.3 is 10.5 Å². The van der Waals surface area contributed by atoms with Gasteiger partial charge in [-0.2, -0.15) is 3.97 Å². The maximum absolute atomic E-state index is 13.3.